The molecular formula is C14H18ClNO3. The van der Waals surface area contributed by atoms with Gasteiger partial charge in [-0.1, -0.05) is 24.1 Å². The molecule has 1 N–H and O–H groups in total. The van der Waals surface area contributed by atoms with Crippen molar-refractivity contribution in [3.05, 3.63) is 28.8 Å². The quantitative estimate of drug-likeness (QED) is 0.903. The lowest BCUT2D eigenvalue weighted by Crippen LogP contribution is -2.33. The lowest BCUT2D eigenvalue weighted by atomic mass is 10.1. The molecule has 0 spiro atoms. The minimum Gasteiger partial charge on any atom is -0.491 e. The van der Waals surface area contributed by atoms with Gasteiger partial charge in [-0.25, -0.2) is 4.79 Å². The Labute approximate surface area is 117 Å². The summed E-state index contributed by atoms with van der Waals surface area (Å²) in [5, 5.41) is 9.33. The van der Waals surface area contributed by atoms with Crippen LogP contribution in [0.4, 0.5) is 0 Å². The third kappa shape index (κ3) is 3.85. The number of hydrogen-bond donors (Lipinski definition) is 1. The van der Waals surface area contributed by atoms with Crippen molar-refractivity contribution in [3.8, 4) is 5.75 Å². The van der Waals surface area contributed by atoms with Crippen LogP contribution in [0.2, 0.25) is 5.02 Å². The average Bonchev–Trinajstić information content (AvgIpc) is 2.39. The second-order valence-electron chi connectivity index (χ2n) is 4.67. The Balaban J connectivity index is 1.92. The van der Waals surface area contributed by atoms with Crippen LogP contribution in [-0.4, -0.2) is 42.2 Å². The van der Waals surface area contributed by atoms with Crippen LogP contribution in [0.5, 0.6) is 5.75 Å². The number of nitrogens with zero attached hydrogens (tertiary/aromatic N) is 1. The van der Waals surface area contributed by atoms with E-state index in [9.17, 15) is 4.79 Å². The first-order valence-corrected chi connectivity index (χ1v) is 6.93. The van der Waals surface area contributed by atoms with Gasteiger partial charge < -0.3 is 9.84 Å². The Kier molecular flexibility index (Phi) is 5.05. The molecule has 0 atom stereocenters. The van der Waals surface area contributed by atoms with Gasteiger partial charge in [0.1, 0.15) is 17.9 Å². The molecule has 0 aromatic heterocycles. The van der Waals surface area contributed by atoms with Crippen molar-refractivity contribution in [2.45, 2.75) is 19.3 Å². The van der Waals surface area contributed by atoms with E-state index in [0.717, 1.165) is 19.6 Å². The monoisotopic (exact) mass is 283 g/mol. The number of likely N-dealkylation sites (tertiary alicyclic amines) is 1. The van der Waals surface area contributed by atoms with Gasteiger partial charge in [-0.3, -0.25) is 4.90 Å². The van der Waals surface area contributed by atoms with E-state index < -0.39 is 5.97 Å². The van der Waals surface area contributed by atoms with E-state index in [1.165, 1.54) is 19.3 Å². The van der Waals surface area contributed by atoms with Crippen molar-refractivity contribution < 1.29 is 14.6 Å². The van der Waals surface area contributed by atoms with E-state index in [1.54, 1.807) is 18.2 Å². The number of benzene rings is 1. The van der Waals surface area contributed by atoms with Gasteiger partial charge in [-0.2, -0.15) is 0 Å². The zero-order valence-electron chi connectivity index (χ0n) is 10.8. The minimum absolute atomic E-state index is 0.0443. The van der Waals surface area contributed by atoms with Crippen molar-refractivity contribution in [1.29, 1.82) is 0 Å². The predicted molar refractivity (Wildman–Crippen MR) is 74.2 cm³/mol. The standard InChI is InChI=1S/C14H18ClNO3/c15-11-5-4-6-12(13(11)14(17)18)19-10-9-16-7-2-1-3-8-16/h4-6H,1-3,7-10H2,(H,17,18). The largest absolute Gasteiger partial charge is 0.491 e. The molecule has 1 aliphatic heterocycles. The van der Waals surface area contributed by atoms with Crippen LogP contribution >= 0.6 is 11.6 Å². The van der Waals surface area contributed by atoms with E-state index in [0.29, 0.717) is 12.4 Å². The fourth-order valence-electron chi connectivity index (χ4n) is 2.30. The van der Waals surface area contributed by atoms with Crippen molar-refractivity contribution >= 4 is 17.6 Å². The summed E-state index contributed by atoms with van der Waals surface area (Å²) in [7, 11) is 0. The Morgan fingerprint density at radius 3 is 2.74 bits per heavy atom. The molecule has 0 radical (unpaired) electrons. The summed E-state index contributed by atoms with van der Waals surface area (Å²) < 4.78 is 5.58. The maximum Gasteiger partial charge on any atom is 0.341 e. The van der Waals surface area contributed by atoms with Crippen molar-refractivity contribution in [1.82, 2.24) is 4.90 Å². The number of carboxylic acids is 1. The van der Waals surface area contributed by atoms with Crippen molar-refractivity contribution in [2.75, 3.05) is 26.2 Å². The molecule has 1 aromatic rings. The van der Waals surface area contributed by atoms with Crippen LogP contribution in [0.15, 0.2) is 18.2 Å². The van der Waals surface area contributed by atoms with Crippen LogP contribution in [0.1, 0.15) is 29.6 Å². The fraction of sp³-hybridized carbons (Fsp3) is 0.500. The highest BCUT2D eigenvalue weighted by Crippen LogP contribution is 2.26. The molecule has 1 aromatic carbocycles. The molecule has 0 unspecified atom stereocenters. The van der Waals surface area contributed by atoms with Crippen LogP contribution in [-0.2, 0) is 0 Å². The summed E-state index contributed by atoms with van der Waals surface area (Å²) in [5.41, 5.74) is 0.0443. The smallest absolute Gasteiger partial charge is 0.341 e. The summed E-state index contributed by atoms with van der Waals surface area (Å²) >= 11 is 5.88. The first kappa shape index (κ1) is 14.2. The number of carbonyl (C=O) groups is 1. The molecule has 2 rings (SSSR count). The lowest BCUT2D eigenvalue weighted by Gasteiger charge is -2.26. The van der Waals surface area contributed by atoms with Gasteiger partial charge in [0.15, 0.2) is 0 Å². The van der Waals surface area contributed by atoms with E-state index in [1.807, 2.05) is 0 Å². The lowest BCUT2D eigenvalue weighted by molar-refractivity contribution is 0.0691. The predicted octanol–water partition coefficient (Wildman–Crippen LogP) is 2.90. The zero-order valence-corrected chi connectivity index (χ0v) is 11.5. The number of rotatable bonds is 5. The number of carboxylic acid groups (broad SMARTS) is 1. The third-order valence-corrected chi connectivity index (χ3v) is 3.62. The molecular weight excluding hydrogens is 266 g/mol. The van der Waals surface area contributed by atoms with E-state index in [-0.39, 0.29) is 10.6 Å². The molecule has 0 bridgehead atoms. The number of hydrogen-bond acceptors (Lipinski definition) is 3. The zero-order chi connectivity index (χ0) is 13.7. The van der Waals surface area contributed by atoms with Crippen molar-refractivity contribution in [2.24, 2.45) is 0 Å². The second kappa shape index (κ2) is 6.78. The molecule has 4 nitrogen and oxygen atoms in total. The van der Waals surface area contributed by atoms with E-state index >= 15 is 0 Å². The fourth-order valence-corrected chi connectivity index (χ4v) is 2.55. The number of piperidine rings is 1. The molecule has 1 heterocycles. The minimum atomic E-state index is -1.06. The van der Waals surface area contributed by atoms with Gasteiger partial charge in [-0.15, -0.1) is 0 Å². The van der Waals surface area contributed by atoms with Gasteiger partial charge >= 0.3 is 5.97 Å². The van der Waals surface area contributed by atoms with Gasteiger partial charge in [0, 0.05) is 6.54 Å². The van der Waals surface area contributed by atoms with Crippen LogP contribution in [0, 0.1) is 0 Å². The normalized spacial score (nSPS) is 16.3. The van der Waals surface area contributed by atoms with Gasteiger partial charge in [0.25, 0.3) is 0 Å². The van der Waals surface area contributed by atoms with Gasteiger partial charge in [0.05, 0.1) is 5.02 Å². The van der Waals surface area contributed by atoms with Crippen LogP contribution < -0.4 is 4.74 Å². The Morgan fingerprint density at radius 2 is 2.05 bits per heavy atom. The Morgan fingerprint density at radius 1 is 1.32 bits per heavy atom. The SMILES string of the molecule is O=C(O)c1c(Cl)cccc1OCCN1CCCCC1. The molecule has 1 aliphatic rings. The Bertz CT molecular complexity index is 444. The molecule has 0 amide bonds. The molecule has 19 heavy (non-hydrogen) atoms. The second-order valence-corrected chi connectivity index (χ2v) is 5.08. The first-order chi connectivity index (χ1) is 9.18. The first-order valence-electron chi connectivity index (χ1n) is 6.55. The van der Waals surface area contributed by atoms with Crippen LogP contribution in [0.3, 0.4) is 0 Å². The topological polar surface area (TPSA) is 49.8 Å². The highest BCUT2D eigenvalue weighted by Gasteiger charge is 2.16. The third-order valence-electron chi connectivity index (χ3n) is 3.30. The molecule has 0 saturated carbocycles. The number of halogens is 1. The maximum absolute atomic E-state index is 11.1. The average molecular weight is 284 g/mol. The molecule has 1 saturated heterocycles. The van der Waals surface area contributed by atoms with Gasteiger partial charge in [0.2, 0.25) is 0 Å². The van der Waals surface area contributed by atoms with Crippen LogP contribution in [0.25, 0.3) is 0 Å². The Hall–Kier alpha value is -1.26. The maximum atomic E-state index is 11.1. The molecule has 1 fully saturated rings. The molecule has 0 aliphatic carbocycles. The number of ether oxygens (including phenoxy) is 1. The van der Waals surface area contributed by atoms with E-state index in [4.69, 9.17) is 21.4 Å². The summed E-state index contributed by atoms with van der Waals surface area (Å²) in [6.45, 7) is 3.52. The van der Waals surface area contributed by atoms with Crippen molar-refractivity contribution in [3.63, 3.8) is 0 Å². The summed E-state index contributed by atoms with van der Waals surface area (Å²) in [4.78, 5) is 13.5. The summed E-state index contributed by atoms with van der Waals surface area (Å²) in [6, 6.07) is 4.90. The summed E-state index contributed by atoms with van der Waals surface area (Å²) in [5.74, 6) is -0.712. The molecule has 5 heteroatoms. The highest BCUT2D eigenvalue weighted by molar-refractivity contribution is 6.33. The highest BCUT2D eigenvalue weighted by atomic mass is 35.5. The van der Waals surface area contributed by atoms with Gasteiger partial charge in [-0.05, 0) is 38.1 Å². The summed E-state index contributed by atoms with van der Waals surface area (Å²) in [6.07, 6.45) is 3.77. The number of aromatic carboxylic acids is 1. The molecule has 104 valence electrons. The van der Waals surface area contributed by atoms with E-state index in [2.05, 4.69) is 4.90 Å².